The molecule has 5 heteroatoms. The largest absolute Gasteiger partial charge is 0.359 e. The highest BCUT2D eigenvalue weighted by molar-refractivity contribution is 6.04. The zero-order valence-corrected chi connectivity index (χ0v) is 12.8. The van der Waals surface area contributed by atoms with Crippen LogP contribution in [-0.4, -0.2) is 37.1 Å². The van der Waals surface area contributed by atoms with Gasteiger partial charge in [-0.2, -0.15) is 0 Å². The maximum Gasteiger partial charge on any atom is 0.279 e. The number of carbonyl (C=O) groups excluding carboxylic acids is 1. The minimum Gasteiger partial charge on any atom is -0.359 e. The van der Waals surface area contributed by atoms with E-state index in [1.807, 2.05) is 24.3 Å². The molecule has 0 bridgehead atoms. The number of carbonyl (C=O) groups is 1. The number of nitrogens with zero attached hydrogens (tertiary/aromatic N) is 2. The molecule has 1 fully saturated rings. The summed E-state index contributed by atoms with van der Waals surface area (Å²) in [5.41, 5.74) is 3.07. The fourth-order valence-corrected chi connectivity index (χ4v) is 3.12. The molecule has 0 spiro atoms. The van der Waals surface area contributed by atoms with E-state index in [1.54, 1.807) is 0 Å². The van der Waals surface area contributed by atoms with Crippen LogP contribution >= 0.6 is 0 Å². The number of nitrogens with two attached hydrogens (primary N) is 1. The van der Waals surface area contributed by atoms with Gasteiger partial charge in [0.05, 0.1) is 17.2 Å². The number of hydrogen-bond donors (Lipinski definition) is 2. The molecule has 2 aromatic rings. The smallest absolute Gasteiger partial charge is 0.279 e. The fourth-order valence-electron chi connectivity index (χ4n) is 3.12. The standard InChI is InChI=1S/C17H20N4O/c1-21-9-8-13-16(20-15(22)10-18-11-6-7-11)12-4-2-3-5-14(12)19-17(13)21/h2-5,11,18H,6-10H2,1H3,(H,19,20,22)/p+1. The van der Waals surface area contributed by atoms with Crippen molar-refractivity contribution in [3.63, 3.8) is 0 Å². The molecule has 1 aromatic heterocycles. The third-order valence-electron chi connectivity index (χ3n) is 4.55. The molecule has 0 atom stereocenters. The van der Waals surface area contributed by atoms with Gasteiger partial charge >= 0.3 is 0 Å². The number of aromatic nitrogens is 1. The minimum atomic E-state index is 0.0833. The van der Waals surface area contributed by atoms with E-state index < -0.39 is 0 Å². The Morgan fingerprint density at radius 2 is 2.23 bits per heavy atom. The highest BCUT2D eigenvalue weighted by Gasteiger charge is 2.27. The molecule has 114 valence electrons. The summed E-state index contributed by atoms with van der Waals surface area (Å²) in [5, 5.41) is 6.33. The number of amides is 1. The Labute approximate surface area is 129 Å². The van der Waals surface area contributed by atoms with E-state index >= 15 is 0 Å². The van der Waals surface area contributed by atoms with E-state index in [4.69, 9.17) is 4.98 Å². The first-order chi connectivity index (χ1) is 10.7. The molecule has 2 heterocycles. The highest BCUT2D eigenvalue weighted by atomic mass is 16.1. The van der Waals surface area contributed by atoms with E-state index in [9.17, 15) is 4.79 Å². The molecule has 0 saturated heterocycles. The Hall–Kier alpha value is -2.14. The van der Waals surface area contributed by atoms with Crippen molar-refractivity contribution in [1.82, 2.24) is 4.98 Å². The van der Waals surface area contributed by atoms with Gasteiger partial charge in [0.25, 0.3) is 5.91 Å². The van der Waals surface area contributed by atoms with Gasteiger partial charge in [-0.05, 0) is 12.5 Å². The lowest BCUT2D eigenvalue weighted by Crippen LogP contribution is -2.87. The van der Waals surface area contributed by atoms with Gasteiger partial charge in [-0.15, -0.1) is 0 Å². The van der Waals surface area contributed by atoms with Crippen LogP contribution in [0.15, 0.2) is 24.3 Å². The van der Waals surface area contributed by atoms with Crippen molar-refractivity contribution in [1.29, 1.82) is 0 Å². The third kappa shape index (κ3) is 2.41. The average molecular weight is 297 g/mol. The van der Waals surface area contributed by atoms with E-state index in [2.05, 4.69) is 22.6 Å². The monoisotopic (exact) mass is 297 g/mol. The highest BCUT2D eigenvalue weighted by Crippen LogP contribution is 2.36. The first-order valence-corrected chi connectivity index (χ1v) is 7.98. The van der Waals surface area contributed by atoms with E-state index in [0.29, 0.717) is 12.6 Å². The molecule has 4 rings (SSSR count). The van der Waals surface area contributed by atoms with Gasteiger partial charge in [0.1, 0.15) is 5.82 Å². The summed E-state index contributed by atoms with van der Waals surface area (Å²) in [6, 6.07) is 8.70. The Bertz CT molecular complexity index is 739. The predicted octanol–water partition coefficient (Wildman–Crippen LogP) is 0.891. The summed E-state index contributed by atoms with van der Waals surface area (Å²) in [6.07, 6.45) is 3.42. The van der Waals surface area contributed by atoms with Crippen LogP contribution in [0.4, 0.5) is 11.5 Å². The molecule has 1 aromatic carbocycles. The van der Waals surface area contributed by atoms with Crippen LogP contribution in [-0.2, 0) is 11.2 Å². The maximum absolute atomic E-state index is 12.3. The lowest BCUT2D eigenvalue weighted by Gasteiger charge is -2.15. The van der Waals surface area contributed by atoms with Crippen molar-refractivity contribution >= 4 is 28.3 Å². The Morgan fingerprint density at radius 3 is 3.05 bits per heavy atom. The van der Waals surface area contributed by atoms with Gasteiger partial charge in [-0.1, -0.05) is 18.2 Å². The van der Waals surface area contributed by atoms with Crippen LogP contribution in [0.5, 0.6) is 0 Å². The number of para-hydroxylation sites is 1. The Kier molecular flexibility index (Phi) is 3.22. The fraction of sp³-hybridized carbons (Fsp3) is 0.412. The second-order valence-electron chi connectivity index (χ2n) is 6.30. The number of pyridine rings is 1. The summed E-state index contributed by atoms with van der Waals surface area (Å²) in [5.74, 6) is 1.08. The normalized spacial score (nSPS) is 16.9. The first kappa shape index (κ1) is 13.5. The SMILES string of the molecule is CN1CCc2c1nc1ccccc1c2NC(=O)C[NH2+]C1CC1. The van der Waals surface area contributed by atoms with Crippen LogP contribution in [0.25, 0.3) is 10.9 Å². The van der Waals surface area contributed by atoms with Crippen LogP contribution in [0.1, 0.15) is 18.4 Å². The number of anilines is 2. The van der Waals surface area contributed by atoms with Gasteiger partial charge < -0.3 is 15.5 Å². The topological polar surface area (TPSA) is 61.8 Å². The molecule has 1 aliphatic carbocycles. The van der Waals surface area contributed by atoms with Crippen LogP contribution < -0.4 is 15.5 Å². The summed E-state index contributed by atoms with van der Waals surface area (Å²) >= 11 is 0. The van der Waals surface area contributed by atoms with Crippen LogP contribution in [0.2, 0.25) is 0 Å². The third-order valence-corrected chi connectivity index (χ3v) is 4.55. The molecule has 22 heavy (non-hydrogen) atoms. The Morgan fingerprint density at radius 1 is 1.41 bits per heavy atom. The molecule has 2 aliphatic rings. The molecule has 0 unspecified atom stereocenters. The van der Waals surface area contributed by atoms with Crippen molar-refractivity contribution in [3.8, 4) is 0 Å². The van der Waals surface area contributed by atoms with Gasteiger partial charge in [-0.3, -0.25) is 4.79 Å². The minimum absolute atomic E-state index is 0.0833. The Balaban J connectivity index is 1.69. The van der Waals surface area contributed by atoms with Crippen LogP contribution in [0.3, 0.4) is 0 Å². The van der Waals surface area contributed by atoms with Crippen molar-refractivity contribution < 1.29 is 10.1 Å². The number of hydrogen-bond acceptors (Lipinski definition) is 3. The van der Waals surface area contributed by atoms with Gasteiger partial charge in [0, 0.05) is 37.4 Å². The number of fused-ring (bicyclic) bond motifs is 2. The second kappa shape index (κ2) is 5.25. The number of rotatable bonds is 4. The van der Waals surface area contributed by atoms with Crippen molar-refractivity contribution in [3.05, 3.63) is 29.8 Å². The van der Waals surface area contributed by atoms with Gasteiger partial charge in [-0.25, -0.2) is 4.98 Å². The average Bonchev–Trinajstić information content (AvgIpc) is 3.29. The molecule has 1 saturated carbocycles. The van der Waals surface area contributed by atoms with Crippen molar-refractivity contribution in [2.24, 2.45) is 0 Å². The zero-order chi connectivity index (χ0) is 15.1. The summed E-state index contributed by atoms with van der Waals surface area (Å²) < 4.78 is 0. The number of likely N-dealkylation sites (N-methyl/N-ethyl adjacent to an activating group) is 1. The quantitative estimate of drug-likeness (QED) is 0.881. The molecular weight excluding hydrogens is 276 g/mol. The number of quaternary nitrogens is 1. The summed E-state index contributed by atoms with van der Waals surface area (Å²) in [4.78, 5) is 19.2. The molecular formula is C17H21N4O+. The number of nitrogens with one attached hydrogen (secondary N) is 1. The lowest BCUT2D eigenvalue weighted by atomic mass is 10.1. The molecule has 3 N–H and O–H groups in total. The van der Waals surface area contributed by atoms with Crippen molar-refractivity contribution in [2.45, 2.75) is 25.3 Å². The predicted molar refractivity (Wildman–Crippen MR) is 87.2 cm³/mol. The van der Waals surface area contributed by atoms with E-state index in [0.717, 1.165) is 35.4 Å². The maximum atomic E-state index is 12.3. The van der Waals surface area contributed by atoms with Crippen molar-refractivity contribution in [2.75, 3.05) is 30.4 Å². The number of benzene rings is 1. The molecule has 0 radical (unpaired) electrons. The van der Waals surface area contributed by atoms with E-state index in [-0.39, 0.29) is 5.91 Å². The second-order valence-corrected chi connectivity index (χ2v) is 6.30. The summed E-state index contributed by atoms with van der Waals surface area (Å²) in [7, 11) is 2.06. The zero-order valence-electron chi connectivity index (χ0n) is 12.8. The summed E-state index contributed by atoms with van der Waals surface area (Å²) in [6.45, 7) is 1.46. The van der Waals surface area contributed by atoms with E-state index in [1.165, 1.54) is 18.4 Å². The first-order valence-electron chi connectivity index (χ1n) is 7.98. The molecule has 1 aliphatic heterocycles. The van der Waals surface area contributed by atoms with Gasteiger partial charge in [0.2, 0.25) is 0 Å². The molecule has 1 amide bonds. The molecule has 5 nitrogen and oxygen atoms in total. The lowest BCUT2D eigenvalue weighted by molar-refractivity contribution is -0.657. The van der Waals surface area contributed by atoms with Gasteiger partial charge in [0.15, 0.2) is 6.54 Å². The van der Waals surface area contributed by atoms with Crippen LogP contribution in [0, 0.1) is 0 Å².